The summed E-state index contributed by atoms with van der Waals surface area (Å²) in [7, 11) is 0. The average Bonchev–Trinajstić information content (AvgIpc) is 3.84. The molecule has 0 N–H and O–H groups in total. The summed E-state index contributed by atoms with van der Waals surface area (Å²) in [6.45, 7) is 19.4. The van der Waals surface area contributed by atoms with Crippen LogP contribution in [-0.4, -0.2) is 3.21 Å². The van der Waals surface area contributed by atoms with Crippen molar-refractivity contribution in [2.24, 2.45) is 0 Å². The van der Waals surface area contributed by atoms with Crippen molar-refractivity contribution >= 4 is 3.21 Å². The van der Waals surface area contributed by atoms with Gasteiger partial charge in [0.05, 0.1) is 0 Å². The molecule has 0 bridgehead atoms. The van der Waals surface area contributed by atoms with E-state index in [0.29, 0.717) is 0 Å². The largest absolute Gasteiger partial charge is 0.206 e. The summed E-state index contributed by atoms with van der Waals surface area (Å²) in [5.74, 6) is 0. The van der Waals surface area contributed by atoms with Crippen molar-refractivity contribution in [2.45, 2.75) is 103 Å². The van der Waals surface area contributed by atoms with E-state index < -0.39 is 0 Å². The van der Waals surface area contributed by atoms with Crippen LogP contribution in [0.15, 0.2) is 140 Å². The Morgan fingerprint density at radius 2 is 0.964 bits per heavy atom. The molecule has 56 heavy (non-hydrogen) atoms. The maximum atomic E-state index is 2.58. The molecule has 9 rings (SSSR count). The molecule has 0 aromatic heterocycles. The van der Waals surface area contributed by atoms with Gasteiger partial charge in [0.15, 0.2) is 0 Å². The van der Waals surface area contributed by atoms with E-state index in [1.807, 2.05) is 6.07 Å². The van der Waals surface area contributed by atoms with E-state index in [1.165, 1.54) is 79.2 Å². The molecule has 0 saturated carbocycles. The zero-order valence-electron chi connectivity index (χ0n) is 34.4. The van der Waals surface area contributed by atoms with Gasteiger partial charge >= 0.3 is 99.2 Å². The molecule has 0 spiro atoms. The molecule has 0 nitrogen and oxygen atoms in total. The fourth-order valence-corrected chi connectivity index (χ4v) is 9.52. The number of fused-ring (bicyclic) bond motifs is 5. The fraction of sp³-hybridized carbons (Fsp3) is 0.302. The molecule has 0 fully saturated rings. The molecule has 0 unspecified atom stereocenters. The van der Waals surface area contributed by atoms with Crippen LogP contribution < -0.4 is 24.8 Å². The number of hydrogen-bond acceptors (Lipinski definition) is 0. The van der Waals surface area contributed by atoms with Crippen molar-refractivity contribution in [3.63, 3.8) is 0 Å². The van der Waals surface area contributed by atoms with Gasteiger partial charge in [-0.15, -0.1) is 5.41 Å². The third-order valence-electron chi connectivity index (χ3n) is 12.4. The average molecular weight is 855 g/mol. The molecule has 0 atom stereocenters. The van der Waals surface area contributed by atoms with E-state index in [4.69, 9.17) is 0 Å². The van der Waals surface area contributed by atoms with Crippen LogP contribution in [0, 0.1) is 6.42 Å². The molecule has 0 heterocycles. The Morgan fingerprint density at radius 3 is 1.45 bits per heavy atom. The van der Waals surface area contributed by atoms with Crippen LogP contribution in [0.5, 0.6) is 0 Å². The summed E-state index contributed by atoms with van der Waals surface area (Å²) >= 11 is 1.46. The second kappa shape index (κ2) is 17.3. The predicted molar refractivity (Wildman–Crippen MR) is 229 cm³/mol. The van der Waals surface area contributed by atoms with Crippen molar-refractivity contribution < 1.29 is 49.0 Å². The standard InChI is InChI=1S/C29H37.C13H10.C11H9.2ClH.Zr/c1-26(2)9-11-28(5,6)24-16-20-18(14-22(24)26)13-19-15-23-25(17-21(19)20)29(7,8)12-10-27(23,3)4;1-3-7-12(8-4-1)11-13-9-5-2-6-10-13;1-2-6-10(7-3-1)11-8-4-5-9-11;;;/h9,14-17H,10-13H2,1-8H3;1-10H;1-9H;2*1H;/q-1;;-1;;;+2/p-2. The maximum absolute atomic E-state index is 2.58. The van der Waals surface area contributed by atoms with E-state index in [1.54, 1.807) is 27.8 Å². The molecular weight excluding hydrogens is 799 g/mol. The van der Waals surface area contributed by atoms with E-state index in [9.17, 15) is 0 Å². The molecule has 0 amide bonds. The minimum absolute atomic E-state index is 0. The number of hydrogen-bond donors (Lipinski definition) is 0. The van der Waals surface area contributed by atoms with Crippen molar-refractivity contribution in [1.82, 2.24) is 0 Å². The molecule has 3 heteroatoms. The van der Waals surface area contributed by atoms with Gasteiger partial charge in [-0.1, -0.05) is 121 Å². The van der Waals surface area contributed by atoms with Gasteiger partial charge in [0, 0.05) is 0 Å². The first kappa shape index (κ1) is 43.9. The van der Waals surface area contributed by atoms with E-state index >= 15 is 0 Å². The molecule has 0 aliphatic heterocycles. The minimum atomic E-state index is 0. The quantitative estimate of drug-likeness (QED) is 0.161. The molecule has 3 aliphatic carbocycles. The fourth-order valence-electron chi connectivity index (χ4n) is 8.70. The van der Waals surface area contributed by atoms with E-state index in [0.717, 1.165) is 12.8 Å². The Labute approximate surface area is 365 Å². The molecule has 0 saturated heterocycles. The normalized spacial score (nSPS) is 17.0. The molecule has 288 valence electrons. The van der Waals surface area contributed by atoms with E-state index in [-0.39, 0.29) is 46.5 Å². The maximum Gasteiger partial charge on any atom is -0.0623 e. The Morgan fingerprint density at radius 1 is 0.518 bits per heavy atom. The second-order valence-corrected chi connectivity index (χ2v) is 19.4. The SMILES string of the molecule is CC1(C)[CH-]CC(C)(C)c2cc3c(cc21)Cc1cc2c(cc1-3)C(C)(C)CCC2(C)C.[Cl-].[Cl-].[Zr+2]=[C](c1ccccc1)c1ccccc1.c1ccc(-c2cc[cH-]c2)cc1. The van der Waals surface area contributed by atoms with Gasteiger partial charge in [-0.05, 0) is 74.5 Å². The van der Waals surface area contributed by atoms with Crippen molar-refractivity contribution in [3.8, 4) is 22.3 Å². The van der Waals surface area contributed by atoms with Crippen LogP contribution in [0.1, 0.15) is 119 Å². The third-order valence-corrected chi connectivity index (χ3v) is 13.9. The second-order valence-electron chi connectivity index (χ2n) is 18.2. The van der Waals surface area contributed by atoms with Gasteiger partial charge in [-0.3, -0.25) is 0 Å². The van der Waals surface area contributed by atoms with Gasteiger partial charge in [0.2, 0.25) is 0 Å². The summed E-state index contributed by atoms with van der Waals surface area (Å²) in [6.07, 6.45) is 7.35. The Balaban J connectivity index is 0.000000185. The Kier molecular flexibility index (Phi) is 13.6. The Hall–Kier alpha value is -3.22. The minimum Gasteiger partial charge on any atom is -0.206 e. The first-order chi connectivity index (χ1) is 25.7. The number of benzene rings is 5. The first-order valence-electron chi connectivity index (χ1n) is 19.8. The van der Waals surface area contributed by atoms with Crippen LogP contribution in [0.4, 0.5) is 0 Å². The number of rotatable bonds is 3. The summed E-state index contributed by atoms with van der Waals surface area (Å²) in [5.41, 5.74) is 18.6. The van der Waals surface area contributed by atoms with Crippen molar-refractivity contribution in [3.05, 3.63) is 190 Å². The third kappa shape index (κ3) is 9.07. The summed E-state index contributed by atoms with van der Waals surface area (Å²) < 4.78 is 1.42. The van der Waals surface area contributed by atoms with Crippen LogP contribution in [0.3, 0.4) is 0 Å². The summed E-state index contributed by atoms with van der Waals surface area (Å²) in [4.78, 5) is 0. The molecular formula is C53H56Cl2Zr-2. The monoisotopic (exact) mass is 852 g/mol. The summed E-state index contributed by atoms with van der Waals surface area (Å²) in [6, 6.07) is 50.1. The zero-order chi connectivity index (χ0) is 38.3. The van der Waals surface area contributed by atoms with Crippen LogP contribution in [0.2, 0.25) is 0 Å². The smallest absolute Gasteiger partial charge is 0.0623 e. The molecule has 3 aliphatic rings. The zero-order valence-corrected chi connectivity index (χ0v) is 38.4. The van der Waals surface area contributed by atoms with Gasteiger partial charge in [-0.25, -0.2) is 6.07 Å². The van der Waals surface area contributed by atoms with Gasteiger partial charge in [-0.2, -0.15) is 30.2 Å². The van der Waals surface area contributed by atoms with Gasteiger partial charge < -0.3 is 31.2 Å². The number of halogens is 2. The predicted octanol–water partition coefficient (Wildman–Crippen LogP) is 7.65. The van der Waals surface area contributed by atoms with Gasteiger partial charge in [0.25, 0.3) is 0 Å². The van der Waals surface area contributed by atoms with Crippen LogP contribution in [0.25, 0.3) is 22.3 Å². The van der Waals surface area contributed by atoms with Crippen molar-refractivity contribution in [2.75, 3.05) is 0 Å². The first-order valence-corrected chi connectivity index (χ1v) is 21.1. The molecule has 0 radical (unpaired) electrons. The topological polar surface area (TPSA) is 0 Å². The van der Waals surface area contributed by atoms with Gasteiger partial charge in [0.1, 0.15) is 0 Å². The van der Waals surface area contributed by atoms with E-state index in [2.05, 4.69) is 195 Å². The molecule has 6 aromatic rings. The van der Waals surface area contributed by atoms with Crippen LogP contribution >= 0.6 is 0 Å². The van der Waals surface area contributed by atoms with Crippen molar-refractivity contribution in [1.29, 1.82) is 0 Å². The van der Waals surface area contributed by atoms with Crippen LogP contribution in [-0.2, 0) is 52.3 Å². The molecule has 6 aromatic carbocycles. The summed E-state index contributed by atoms with van der Waals surface area (Å²) in [5, 5.41) is 0. The Bertz CT molecular complexity index is 2120.